The summed E-state index contributed by atoms with van der Waals surface area (Å²) in [4.78, 5) is 36.2. The summed E-state index contributed by atoms with van der Waals surface area (Å²) in [6.07, 6.45) is -0.137. The first-order valence-corrected chi connectivity index (χ1v) is 11.3. The highest BCUT2D eigenvalue weighted by Crippen LogP contribution is 2.44. The number of carbonyl (C=O) groups is 3. The number of hydrogen-bond acceptors (Lipinski definition) is 5. The Kier molecular flexibility index (Phi) is 7.01. The van der Waals surface area contributed by atoms with Crippen LogP contribution in [0, 0.1) is 0 Å². The molecule has 0 aliphatic heterocycles. The van der Waals surface area contributed by atoms with Gasteiger partial charge in [-0.05, 0) is 46.9 Å². The highest BCUT2D eigenvalue weighted by molar-refractivity contribution is 5.95. The first-order chi connectivity index (χ1) is 16.9. The van der Waals surface area contributed by atoms with Gasteiger partial charge in [0.1, 0.15) is 17.9 Å². The van der Waals surface area contributed by atoms with Crippen LogP contribution in [0.25, 0.3) is 11.1 Å². The molecule has 0 heterocycles. The van der Waals surface area contributed by atoms with E-state index in [1.807, 2.05) is 43.3 Å². The quantitative estimate of drug-likeness (QED) is 0.350. The molecule has 0 saturated heterocycles. The minimum absolute atomic E-state index is 0.0238. The summed E-state index contributed by atoms with van der Waals surface area (Å²) in [5.41, 5.74) is 4.43. The van der Waals surface area contributed by atoms with Gasteiger partial charge in [0.2, 0.25) is 5.91 Å². The van der Waals surface area contributed by atoms with Crippen LogP contribution in [0.15, 0.2) is 66.7 Å². The number of benzene rings is 3. The van der Waals surface area contributed by atoms with Crippen LogP contribution in [0.3, 0.4) is 0 Å². The number of carboxylic acids is 1. The van der Waals surface area contributed by atoms with Crippen molar-refractivity contribution in [1.29, 1.82) is 0 Å². The standard InChI is InChI=1S/C27H26N2O6/c1-2-16(14-25(31)28-17-11-12-24(30)22(13-17)26(32)33)29-27(34)35-15-23-20-9-5-3-7-18(20)19-8-4-6-10-21(19)23/h3-13,16,23,30H,2,14-15H2,1H3,(H,28,31)(H,29,34)(H,32,33). The molecular formula is C27H26N2O6. The van der Waals surface area contributed by atoms with Gasteiger partial charge < -0.3 is 25.6 Å². The predicted molar refractivity (Wildman–Crippen MR) is 131 cm³/mol. The second-order valence-electron chi connectivity index (χ2n) is 8.36. The summed E-state index contributed by atoms with van der Waals surface area (Å²) >= 11 is 0. The number of rotatable bonds is 8. The van der Waals surface area contributed by atoms with Gasteiger partial charge in [-0.3, -0.25) is 4.79 Å². The van der Waals surface area contributed by atoms with Crippen LogP contribution < -0.4 is 10.6 Å². The number of nitrogens with one attached hydrogen (secondary N) is 2. The van der Waals surface area contributed by atoms with Gasteiger partial charge in [0, 0.05) is 24.1 Å². The number of phenols is 1. The summed E-state index contributed by atoms with van der Waals surface area (Å²) in [6, 6.07) is 19.4. The Morgan fingerprint density at radius 1 is 0.971 bits per heavy atom. The molecule has 0 spiro atoms. The van der Waals surface area contributed by atoms with E-state index < -0.39 is 24.0 Å². The Balaban J connectivity index is 1.34. The third-order valence-corrected chi connectivity index (χ3v) is 6.10. The van der Waals surface area contributed by atoms with Gasteiger partial charge in [-0.25, -0.2) is 9.59 Å². The molecule has 0 aromatic heterocycles. The van der Waals surface area contributed by atoms with E-state index in [1.165, 1.54) is 18.2 Å². The third kappa shape index (κ3) is 5.27. The molecule has 2 amide bonds. The van der Waals surface area contributed by atoms with Gasteiger partial charge >= 0.3 is 12.1 Å². The van der Waals surface area contributed by atoms with Crippen LogP contribution in [0.2, 0.25) is 0 Å². The van der Waals surface area contributed by atoms with Crippen molar-refractivity contribution in [2.45, 2.75) is 31.7 Å². The topological polar surface area (TPSA) is 125 Å². The van der Waals surface area contributed by atoms with Crippen molar-refractivity contribution in [2.24, 2.45) is 0 Å². The smallest absolute Gasteiger partial charge is 0.407 e. The van der Waals surface area contributed by atoms with Crippen LogP contribution in [0.5, 0.6) is 5.75 Å². The Labute approximate surface area is 202 Å². The summed E-state index contributed by atoms with van der Waals surface area (Å²) in [5, 5.41) is 24.0. The largest absolute Gasteiger partial charge is 0.507 e. The van der Waals surface area contributed by atoms with Crippen molar-refractivity contribution in [3.05, 3.63) is 83.4 Å². The number of hydrogen-bond donors (Lipinski definition) is 4. The maximum absolute atomic E-state index is 12.5. The average molecular weight is 475 g/mol. The van der Waals surface area contributed by atoms with Gasteiger partial charge in [-0.15, -0.1) is 0 Å². The van der Waals surface area contributed by atoms with Gasteiger partial charge in [0.15, 0.2) is 0 Å². The molecule has 0 fully saturated rings. The first-order valence-electron chi connectivity index (χ1n) is 11.3. The second kappa shape index (κ2) is 10.3. The fourth-order valence-electron chi connectivity index (χ4n) is 4.33. The van der Waals surface area contributed by atoms with Crippen LogP contribution in [0.1, 0.15) is 47.2 Å². The molecule has 180 valence electrons. The third-order valence-electron chi connectivity index (χ3n) is 6.10. The number of anilines is 1. The number of amides is 2. The van der Waals surface area contributed by atoms with Gasteiger partial charge in [-0.1, -0.05) is 55.5 Å². The van der Waals surface area contributed by atoms with Crippen molar-refractivity contribution in [2.75, 3.05) is 11.9 Å². The molecule has 0 radical (unpaired) electrons. The molecule has 1 aliphatic rings. The maximum atomic E-state index is 12.5. The van der Waals surface area contributed by atoms with Gasteiger partial charge in [0.05, 0.1) is 0 Å². The fourth-order valence-corrected chi connectivity index (χ4v) is 4.33. The number of alkyl carbamates (subject to hydrolysis) is 1. The molecule has 1 unspecified atom stereocenters. The summed E-state index contributed by atoms with van der Waals surface area (Å²) in [6.45, 7) is 2.01. The van der Waals surface area contributed by atoms with Gasteiger partial charge in [0.25, 0.3) is 0 Å². The second-order valence-corrected chi connectivity index (χ2v) is 8.36. The Bertz CT molecular complexity index is 1230. The predicted octanol–water partition coefficient (Wildman–Crippen LogP) is 4.74. The molecule has 4 N–H and O–H groups in total. The van der Waals surface area contributed by atoms with E-state index in [0.717, 1.165) is 22.3 Å². The van der Waals surface area contributed by atoms with Crippen LogP contribution in [0.4, 0.5) is 10.5 Å². The van der Waals surface area contributed by atoms with E-state index in [1.54, 1.807) is 0 Å². The van der Waals surface area contributed by atoms with E-state index in [2.05, 4.69) is 22.8 Å². The molecule has 4 rings (SSSR count). The van der Waals surface area contributed by atoms with Crippen molar-refractivity contribution in [1.82, 2.24) is 5.32 Å². The van der Waals surface area contributed by atoms with Crippen molar-refractivity contribution in [3.8, 4) is 16.9 Å². The van der Waals surface area contributed by atoms with Crippen molar-refractivity contribution >= 4 is 23.7 Å². The van der Waals surface area contributed by atoms with Crippen molar-refractivity contribution in [3.63, 3.8) is 0 Å². The lowest BCUT2D eigenvalue weighted by Crippen LogP contribution is -2.38. The van der Waals surface area contributed by atoms with Gasteiger partial charge in [-0.2, -0.15) is 0 Å². The minimum Gasteiger partial charge on any atom is -0.507 e. The molecule has 8 nitrogen and oxygen atoms in total. The lowest BCUT2D eigenvalue weighted by Gasteiger charge is -2.19. The minimum atomic E-state index is -1.30. The summed E-state index contributed by atoms with van der Waals surface area (Å²) < 4.78 is 5.55. The van der Waals surface area contributed by atoms with Crippen LogP contribution >= 0.6 is 0 Å². The fraction of sp³-hybridized carbons (Fsp3) is 0.222. The van der Waals surface area contributed by atoms with E-state index in [0.29, 0.717) is 6.42 Å². The molecule has 1 aliphatic carbocycles. The summed E-state index contributed by atoms with van der Waals surface area (Å²) in [7, 11) is 0. The Morgan fingerprint density at radius 3 is 2.20 bits per heavy atom. The zero-order valence-electron chi connectivity index (χ0n) is 19.2. The molecule has 35 heavy (non-hydrogen) atoms. The number of aromatic carboxylic acids is 1. The Hall–Kier alpha value is -4.33. The van der Waals surface area contributed by atoms with Crippen LogP contribution in [-0.4, -0.2) is 40.8 Å². The number of carbonyl (C=O) groups excluding carboxylic acids is 2. The lowest BCUT2D eigenvalue weighted by molar-refractivity contribution is -0.116. The monoisotopic (exact) mass is 474 g/mol. The van der Waals surface area contributed by atoms with Crippen LogP contribution in [-0.2, 0) is 9.53 Å². The zero-order chi connectivity index (χ0) is 24.9. The van der Waals surface area contributed by atoms with E-state index in [9.17, 15) is 19.5 Å². The molecular weight excluding hydrogens is 448 g/mol. The molecule has 0 bridgehead atoms. The molecule has 3 aromatic rings. The molecule has 0 saturated carbocycles. The average Bonchev–Trinajstić information content (AvgIpc) is 3.17. The highest BCUT2D eigenvalue weighted by atomic mass is 16.5. The highest BCUT2D eigenvalue weighted by Gasteiger charge is 2.29. The zero-order valence-corrected chi connectivity index (χ0v) is 19.2. The Morgan fingerprint density at radius 2 is 1.60 bits per heavy atom. The molecule has 3 aromatic carbocycles. The number of fused-ring (bicyclic) bond motifs is 3. The maximum Gasteiger partial charge on any atom is 0.407 e. The van der Waals surface area contributed by atoms with E-state index >= 15 is 0 Å². The SMILES string of the molecule is CCC(CC(=O)Nc1ccc(O)c(C(=O)O)c1)NC(=O)OCC1c2ccccc2-c2ccccc21. The first kappa shape index (κ1) is 23.8. The molecule has 1 atom stereocenters. The number of ether oxygens (including phenoxy) is 1. The molecule has 8 heteroatoms. The van der Waals surface area contributed by atoms with E-state index in [4.69, 9.17) is 9.84 Å². The number of aromatic hydroxyl groups is 1. The summed E-state index contributed by atoms with van der Waals surface area (Å²) in [5.74, 6) is -2.16. The normalized spacial score (nSPS) is 12.8. The van der Waals surface area contributed by atoms with E-state index in [-0.39, 0.29) is 35.9 Å². The van der Waals surface area contributed by atoms with Crippen molar-refractivity contribution < 1.29 is 29.3 Å². The number of carboxylic acid groups (broad SMARTS) is 1. The lowest BCUT2D eigenvalue weighted by atomic mass is 9.98.